The number of nitrogens with zero attached hydrogens (tertiary/aromatic N) is 2. The van der Waals surface area contributed by atoms with E-state index in [0.717, 1.165) is 11.3 Å². The Bertz CT molecular complexity index is 1350. The SMILES string of the molecule is CNc1nc(OC)c(NC(=O)c2ccc(Oc3c(C)cc4c(c3OC)[Si](C)(C)CC[Si]4(C)C)o2)c(OC)n1. The Morgan fingerprint density at radius 3 is 2.16 bits per heavy atom. The number of ether oxygens (including phenoxy) is 4. The maximum Gasteiger partial charge on any atom is 0.291 e. The van der Waals surface area contributed by atoms with E-state index >= 15 is 0 Å². The molecular weight excluding hydrogens is 520 g/mol. The number of carbonyl (C=O) groups excluding carboxylic acids is 1. The lowest BCUT2D eigenvalue weighted by Crippen LogP contribution is -2.63. The van der Waals surface area contributed by atoms with Gasteiger partial charge in [0, 0.05) is 13.1 Å². The lowest BCUT2D eigenvalue weighted by atomic mass is 10.2. The van der Waals surface area contributed by atoms with Gasteiger partial charge in [0.1, 0.15) is 0 Å². The Balaban J connectivity index is 1.65. The van der Waals surface area contributed by atoms with Crippen molar-refractivity contribution in [3.05, 3.63) is 29.5 Å². The minimum absolute atomic E-state index is 0.0413. The van der Waals surface area contributed by atoms with E-state index in [1.807, 2.05) is 6.92 Å². The first-order valence-corrected chi connectivity index (χ1v) is 18.9. The van der Waals surface area contributed by atoms with Gasteiger partial charge in [0.15, 0.2) is 22.9 Å². The Hall–Kier alpha value is -3.52. The molecule has 1 aliphatic rings. The number of rotatable bonds is 8. The number of carbonyl (C=O) groups is 1. The fraction of sp³-hybridized carbons (Fsp3) is 0.423. The molecule has 12 heteroatoms. The third-order valence-electron chi connectivity index (χ3n) is 7.11. The van der Waals surface area contributed by atoms with E-state index in [4.69, 9.17) is 23.4 Å². The molecule has 0 saturated heterocycles. The summed E-state index contributed by atoms with van der Waals surface area (Å²) in [4.78, 5) is 21.5. The second-order valence-corrected chi connectivity index (χ2v) is 20.2. The molecule has 2 N–H and O–H groups in total. The van der Waals surface area contributed by atoms with Crippen LogP contribution in [0.3, 0.4) is 0 Å². The highest BCUT2D eigenvalue weighted by Gasteiger charge is 2.43. The second-order valence-electron chi connectivity index (χ2n) is 10.6. The molecule has 0 radical (unpaired) electrons. The lowest BCUT2D eigenvalue weighted by Gasteiger charge is -2.41. The molecule has 2 aromatic heterocycles. The maximum atomic E-state index is 13.1. The molecule has 10 nitrogen and oxygen atoms in total. The van der Waals surface area contributed by atoms with E-state index in [9.17, 15) is 4.79 Å². The third-order valence-corrected chi connectivity index (χ3v) is 14.6. The first kappa shape index (κ1) is 27.5. The van der Waals surface area contributed by atoms with Crippen LogP contribution in [0.4, 0.5) is 11.6 Å². The molecule has 0 fully saturated rings. The molecule has 1 amide bonds. The molecule has 0 aliphatic carbocycles. The summed E-state index contributed by atoms with van der Waals surface area (Å²) in [6, 6.07) is 7.95. The van der Waals surface area contributed by atoms with Crippen LogP contribution in [0.5, 0.6) is 29.2 Å². The zero-order valence-electron chi connectivity index (χ0n) is 23.5. The second kappa shape index (κ2) is 10.3. The molecule has 204 valence electrons. The van der Waals surface area contributed by atoms with Gasteiger partial charge in [-0.15, -0.1) is 0 Å². The smallest absolute Gasteiger partial charge is 0.291 e. The fourth-order valence-electron chi connectivity index (χ4n) is 4.89. The van der Waals surface area contributed by atoms with E-state index in [2.05, 4.69) is 52.9 Å². The summed E-state index contributed by atoms with van der Waals surface area (Å²) < 4.78 is 28.7. The van der Waals surface area contributed by atoms with Crippen molar-refractivity contribution in [2.75, 3.05) is 39.0 Å². The average molecular weight is 557 g/mol. The number of amides is 1. The molecule has 0 saturated carbocycles. The third kappa shape index (κ3) is 4.97. The molecule has 0 unspecified atom stereocenters. The molecular formula is C26H36N4O6Si2. The van der Waals surface area contributed by atoms with Gasteiger partial charge in [0.2, 0.25) is 17.7 Å². The van der Waals surface area contributed by atoms with Crippen LogP contribution in [0, 0.1) is 6.92 Å². The number of benzene rings is 1. The van der Waals surface area contributed by atoms with Crippen molar-refractivity contribution in [1.82, 2.24) is 9.97 Å². The van der Waals surface area contributed by atoms with Gasteiger partial charge in [-0.2, -0.15) is 9.97 Å². The highest BCUT2D eigenvalue weighted by atomic mass is 28.3. The summed E-state index contributed by atoms with van der Waals surface area (Å²) >= 11 is 0. The van der Waals surface area contributed by atoms with Gasteiger partial charge in [-0.1, -0.05) is 49.5 Å². The first-order valence-electron chi connectivity index (χ1n) is 12.4. The van der Waals surface area contributed by atoms with E-state index in [-0.39, 0.29) is 35.1 Å². The number of fused-ring (bicyclic) bond motifs is 1. The molecule has 0 bridgehead atoms. The molecule has 4 rings (SSSR count). The van der Waals surface area contributed by atoms with Crippen LogP contribution in [0.1, 0.15) is 16.1 Å². The van der Waals surface area contributed by atoms with Crippen molar-refractivity contribution in [2.24, 2.45) is 0 Å². The van der Waals surface area contributed by atoms with Crippen molar-refractivity contribution in [2.45, 2.75) is 45.2 Å². The summed E-state index contributed by atoms with van der Waals surface area (Å²) in [5.74, 6) is 1.68. The van der Waals surface area contributed by atoms with Gasteiger partial charge in [-0.3, -0.25) is 4.79 Å². The summed E-state index contributed by atoms with van der Waals surface area (Å²) in [5.41, 5.74) is 1.16. The standard InChI is InChI=1S/C26H36N4O6Si2/c1-15-14-17-22(38(8,9)13-12-37(17,6)7)21(32-3)20(15)36-18-11-10-16(35-18)23(31)28-19-24(33-4)29-26(27-2)30-25(19)34-5/h10-11,14H,12-13H2,1-9H3,(H,28,31)(H,27,29,30). The zero-order chi connectivity index (χ0) is 27.8. The minimum Gasteiger partial charge on any atom is -0.493 e. The molecule has 3 aromatic rings. The Morgan fingerprint density at radius 2 is 1.58 bits per heavy atom. The predicted octanol–water partition coefficient (Wildman–Crippen LogP) is 4.33. The molecule has 3 heterocycles. The quantitative estimate of drug-likeness (QED) is 0.391. The summed E-state index contributed by atoms with van der Waals surface area (Å²) in [6.07, 6.45) is 0. The number of methoxy groups -OCH3 is 3. The number of aromatic nitrogens is 2. The van der Waals surface area contributed by atoms with Crippen LogP contribution in [-0.4, -0.2) is 60.4 Å². The molecule has 1 aromatic carbocycles. The normalized spacial score (nSPS) is 15.3. The topological polar surface area (TPSA) is 117 Å². The average Bonchev–Trinajstić information content (AvgIpc) is 3.36. The zero-order valence-corrected chi connectivity index (χ0v) is 25.5. The number of furan rings is 1. The van der Waals surface area contributed by atoms with E-state index in [0.29, 0.717) is 5.75 Å². The highest BCUT2D eigenvalue weighted by Crippen LogP contribution is 2.39. The Kier molecular flexibility index (Phi) is 7.48. The number of hydrogen-bond acceptors (Lipinski definition) is 9. The minimum atomic E-state index is -1.72. The van der Waals surface area contributed by atoms with Gasteiger partial charge in [0.05, 0.1) is 37.5 Å². The molecule has 1 aliphatic heterocycles. The Labute approximate surface area is 225 Å². The molecule has 0 spiro atoms. The van der Waals surface area contributed by atoms with Crippen molar-refractivity contribution in [3.63, 3.8) is 0 Å². The Morgan fingerprint density at radius 1 is 0.947 bits per heavy atom. The largest absolute Gasteiger partial charge is 0.493 e. The van der Waals surface area contributed by atoms with Crippen LogP contribution in [0.25, 0.3) is 0 Å². The van der Waals surface area contributed by atoms with Crippen molar-refractivity contribution in [1.29, 1.82) is 0 Å². The summed E-state index contributed by atoms with van der Waals surface area (Å²) in [7, 11) is 2.95. The van der Waals surface area contributed by atoms with Gasteiger partial charge in [-0.25, -0.2) is 0 Å². The lowest BCUT2D eigenvalue weighted by molar-refractivity contribution is 0.0990. The summed E-state index contributed by atoms with van der Waals surface area (Å²) in [6.45, 7) is 11.7. The van der Waals surface area contributed by atoms with Crippen LogP contribution in [0.15, 0.2) is 22.6 Å². The van der Waals surface area contributed by atoms with Crippen molar-refractivity contribution < 1.29 is 28.2 Å². The van der Waals surface area contributed by atoms with Crippen molar-refractivity contribution in [3.8, 4) is 29.2 Å². The first-order chi connectivity index (χ1) is 17.9. The number of anilines is 2. The van der Waals surface area contributed by atoms with E-state index in [1.54, 1.807) is 26.3 Å². The fourth-order valence-corrected chi connectivity index (χ4v) is 15.5. The van der Waals surface area contributed by atoms with E-state index < -0.39 is 22.1 Å². The van der Waals surface area contributed by atoms with Crippen molar-refractivity contribution >= 4 is 44.1 Å². The highest BCUT2D eigenvalue weighted by molar-refractivity contribution is 7.03. The van der Waals surface area contributed by atoms with Gasteiger partial charge >= 0.3 is 0 Å². The molecule has 0 atom stereocenters. The van der Waals surface area contributed by atoms with Crippen LogP contribution >= 0.6 is 0 Å². The number of aryl methyl sites for hydroxylation is 1. The van der Waals surface area contributed by atoms with Crippen LogP contribution in [0.2, 0.25) is 38.3 Å². The van der Waals surface area contributed by atoms with Gasteiger partial charge in [0.25, 0.3) is 11.9 Å². The monoisotopic (exact) mass is 556 g/mol. The predicted molar refractivity (Wildman–Crippen MR) is 153 cm³/mol. The van der Waals surface area contributed by atoms with Crippen LogP contribution in [-0.2, 0) is 0 Å². The van der Waals surface area contributed by atoms with Gasteiger partial charge < -0.3 is 34.0 Å². The number of nitrogens with one attached hydrogen (secondary N) is 2. The van der Waals surface area contributed by atoms with E-state index in [1.165, 1.54) is 36.7 Å². The maximum absolute atomic E-state index is 13.1. The van der Waals surface area contributed by atoms with Gasteiger partial charge in [-0.05, 0) is 23.7 Å². The number of hydrogen-bond donors (Lipinski definition) is 2. The molecule has 38 heavy (non-hydrogen) atoms. The van der Waals surface area contributed by atoms with Crippen LogP contribution < -0.4 is 40.0 Å². The summed E-state index contributed by atoms with van der Waals surface area (Å²) in [5, 5.41) is 8.35.